The molecule has 31 heavy (non-hydrogen) atoms. The van der Waals surface area contributed by atoms with E-state index in [0.29, 0.717) is 24.3 Å². The molecule has 0 fully saturated rings. The van der Waals surface area contributed by atoms with E-state index in [2.05, 4.69) is 24.3 Å². The van der Waals surface area contributed by atoms with Crippen molar-refractivity contribution in [2.45, 2.75) is 38.2 Å². The molecule has 0 atom stereocenters. The Balaban J connectivity index is 2.02. The third kappa shape index (κ3) is 8.26. The van der Waals surface area contributed by atoms with Gasteiger partial charge in [0.1, 0.15) is 0 Å². The minimum Gasteiger partial charge on any atom is -0.465 e. The van der Waals surface area contributed by atoms with Crippen LogP contribution in [0.15, 0.2) is 60.7 Å². The minimum atomic E-state index is -1.25. The highest BCUT2D eigenvalue weighted by Crippen LogP contribution is 2.35. The van der Waals surface area contributed by atoms with Crippen molar-refractivity contribution < 1.29 is 19.1 Å². The molecular formula is C25H32O4S2. The molecule has 0 N–H and O–H groups in total. The number of carbonyl (C=O) groups excluding carboxylic acids is 2. The highest BCUT2D eigenvalue weighted by molar-refractivity contribution is 7.98. The molecule has 0 amide bonds. The summed E-state index contributed by atoms with van der Waals surface area (Å²) in [5.74, 6) is 2.10. The predicted octanol–water partition coefficient (Wildman–Crippen LogP) is 5.75. The zero-order chi connectivity index (χ0) is 22.4. The molecule has 0 radical (unpaired) electrons. The number of hydrogen-bond donors (Lipinski definition) is 0. The van der Waals surface area contributed by atoms with Crippen LogP contribution in [0.2, 0.25) is 0 Å². The van der Waals surface area contributed by atoms with E-state index < -0.39 is 17.4 Å². The van der Waals surface area contributed by atoms with Crippen LogP contribution < -0.4 is 0 Å². The Labute approximate surface area is 194 Å². The fourth-order valence-corrected chi connectivity index (χ4v) is 5.31. The molecule has 0 saturated carbocycles. The van der Waals surface area contributed by atoms with E-state index in [1.54, 1.807) is 37.4 Å². The summed E-state index contributed by atoms with van der Waals surface area (Å²) >= 11 is 3.44. The molecule has 0 aliphatic carbocycles. The van der Waals surface area contributed by atoms with Crippen LogP contribution in [-0.4, -0.2) is 36.7 Å². The Hall–Kier alpha value is -1.92. The van der Waals surface area contributed by atoms with Crippen LogP contribution in [-0.2, 0) is 30.6 Å². The molecule has 4 nitrogen and oxygen atoms in total. The number of rotatable bonds is 14. The topological polar surface area (TPSA) is 52.6 Å². The highest BCUT2D eigenvalue weighted by atomic mass is 32.2. The van der Waals surface area contributed by atoms with Crippen molar-refractivity contribution in [3.05, 3.63) is 71.8 Å². The first-order chi connectivity index (χ1) is 15.1. The number of benzene rings is 2. The Morgan fingerprint density at radius 3 is 1.45 bits per heavy atom. The lowest BCUT2D eigenvalue weighted by atomic mass is 9.82. The van der Waals surface area contributed by atoms with Gasteiger partial charge >= 0.3 is 11.9 Å². The average Bonchev–Trinajstić information content (AvgIpc) is 2.79. The normalized spacial score (nSPS) is 11.2. The number of esters is 2. The average molecular weight is 461 g/mol. The largest absolute Gasteiger partial charge is 0.465 e. The van der Waals surface area contributed by atoms with Gasteiger partial charge in [0.05, 0.1) is 13.2 Å². The van der Waals surface area contributed by atoms with Gasteiger partial charge in [-0.2, -0.15) is 23.5 Å². The zero-order valence-corrected chi connectivity index (χ0v) is 20.0. The fourth-order valence-electron chi connectivity index (χ4n) is 3.18. The van der Waals surface area contributed by atoms with Gasteiger partial charge in [-0.15, -0.1) is 0 Å². The second-order valence-electron chi connectivity index (χ2n) is 7.10. The van der Waals surface area contributed by atoms with Crippen molar-refractivity contribution in [3.8, 4) is 0 Å². The molecule has 2 aromatic carbocycles. The lowest BCUT2D eigenvalue weighted by Gasteiger charge is -2.29. The molecule has 6 heteroatoms. The maximum atomic E-state index is 13.0. The standard InChI is InChI=1S/C25H32O4S2/c1-3-28-23(26)25(24(27)29-4-2,15-17-30-19-21-11-7-5-8-12-21)16-18-31-20-22-13-9-6-10-14-22/h5-14H,3-4,15-20H2,1-2H3. The van der Waals surface area contributed by atoms with E-state index in [4.69, 9.17) is 9.47 Å². The zero-order valence-electron chi connectivity index (χ0n) is 18.4. The lowest BCUT2D eigenvalue weighted by Crippen LogP contribution is -2.43. The van der Waals surface area contributed by atoms with Crippen molar-refractivity contribution in [1.82, 2.24) is 0 Å². The summed E-state index contributed by atoms with van der Waals surface area (Å²) in [5.41, 5.74) is 1.20. The first-order valence-corrected chi connectivity index (χ1v) is 13.0. The van der Waals surface area contributed by atoms with Gasteiger partial charge in [-0.05, 0) is 49.3 Å². The van der Waals surface area contributed by atoms with E-state index >= 15 is 0 Å². The lowest BCUT2D eigenvalue weighted by molar-refractivity contribution is -0.172. The van der Waals surface area contributed by atoms with Gasteiger partial charge in [0, 0.05) is 11.5 Å². The van der Waals surface area contributed by atoms with Crippen molar-refractivity contribution >= 4 is 35.5 Å². The van der Waals surface area contributed by atoms with Crippen LogP contribution in [0.3, 0.4) is 0 Å². The fraction of sp³-hybridized carbons (Fsp3) is 0.440. The third-order valence-electron chi connectivity index (χ3n) is 4.90. The number of carbonyl (C=O) groups is 2. The van der Waals surface area contributed by atoms with Crippen LogP contribution in [0.1, 0.15) is 37.8 Å². The first-order valence-electron chi connectivity index (χ1n) is 10.7. The van der Waals surface area contributed by atoms with Gasteiger partial charge in [-0.3, -0.25) is 9.59 Å². The summed E-state index contributed by atoms with van der Waals surface area (Å²) in [4.78, 5) is 25.9. The van der Waals surface area contributed by atoms with Crippen LogP contribution in [0.5, 0.6) is 0 Å². The Kier molecular flexibility index (Phi) is 11.6. The van der Waals surface area contributed by atoms with E-state index in [9.17, 15) is 9.59 Å². The summed E-state index contributed by atoms with van der Waals surface area (Å²) in [6.45, 7) is 4.02. The van der Waals surface area contributed by atoms with Gasteiger partial charge < -0.3 is 9.47 Å². The van der Waals surface area contributed by atoms with Gasteiger partial charge in [0.15, 0.2) is 5.41 Å². The monoisotopic (exact) mass is 460 g/mol. The summed E-state index contributed by atoms with van der Waals surface area (Å²) < 4.78 is 10.7. The van der Waals surface area contributed by atoms with Crippen LogP contribution in [0.25, 0.3) is 0 Å². The SMILES string of the molecule is CCOC(=O)C(CCSCc1ccccc1)(CCSCc1ccccc1)C(=O)OCC. The Bertz CT molecular complexity index is 713. The first kappa shape index (κ1) is 25.3. The molecule has 2 aromatic rings. The number of thioether (sulfide) groups is 2. The van der Waals surface area contributed by atoms with Gasteiger partial charge in [-0.1, -0.05) is 60.7 Å². The highest BCUT2D eigenvalue weighted by Gasteiger charge is 2.48. The molecule has 0 aliphatic rings. The van der Waals surface area contributed by atoms with Crippen LogP contribution in [0, 0.1) is 5.41 Å². The third-order valence-corrected chi connectivity index (χ3v) is 6.96. The summed E-state index contributed by atoms with van der Waals surface area (Å²) in [5, 5.41) is 0. The predicted molar refractivity (Wildman–Crippen MR) is 130 cm³/mol. The summed E-state index contributed by atoms with van der Waals surface area (Å²) in [6.07, 6.45) is 0.822. The Morgan fingerprint density at radius 2 is 1.10 bits per heavy atom. The second-order valence-corrected chi connectivity index (χ2v) is 9.31. The molecule has 0 spiro atoms. The molecule has 0 unspecified atom stereocenters. The molecule has 0 aromatic heterocycles. The van der Waals surface area contributed by atoms with E-state index in [1.165, 1.54) is 11.1 Å². The van der Waals surface area contributed by atoms with Crippen molar-refractivity contribution in [2.75, 3.05) is 24.7 Å². The van der Waals surface area contributed by atoms with E-state index in [0.717, 1.165) is 11.5 Å². The second kappa shape index (κ2) is 14.2. The van der Waals surface area contributed by atoms with E-state index in [1.807, 2.05) is 36.4 Å². The van der Waals surface area contributed by atoms with Crippen molar-refractivity contribution in [1.29, 1.82) is 0 Å². The summed E-state index contributed by atoms with van der Waals surface area (Å²) in [6, 6.07) is 20.4. The maximum absolute atomic E-state index is 13.0. The molecule has 0 saturated heterocycles. The number of hydrogen-bond acceptors (Lipinski definition) is 6. The van der Waals surface area contributed by atoms with Crippen LogP contribution in [0.4, 0.5) is 0 Å². The molecule has 168 valence electrons. The van der Waals surface area contributed by atoms with E-state index in [-0.39, 0.29) is 13.2 Å². The van der Waals surface area contributed by atoms with Gasteiger partial charge in [-0.25, -0.2) is 0 Å². The molecule has 0 bridgehead atoms. The molecule has 0 aliphatic heterocycles. The quantitative estimate of drug-likeness (QED) is 0.203. The van der Waals surface area contributed by atoms with Crippen LogP contribution >= 0.6 is 23.5 Å². The summed E-state index contributed by atoms with van der Waals surface area (Å²) in [7, 11) is 0. The molecule has 0 heterocycles. The molecule has 2 rings (SSSR count). The minimum absolute atomic E-state index is 0.244. The smallest absolute Gasteiger partial charge is 0.323 e. The van der Waals surface area contributed by atoms with Gasteiger partial charge in [0.2, 0.25) is 0 Å². The maximum Gasteiger partial charge on any atom is 0.323 e. The number of ether oxygens (including phenoxy) is 2. The van der Waals surface area contributed by atoms with Crippen molar-refractivity contribution in [3.63, 3.8) is 0 Å². The van der Waals surface area contributed by atoms with Gasteiger partial charge in [0.25, 0.3) is 0 Å². The molecular weight excluding hydrogens is 428 g/mol. The van der Waals surface area contributed by atoms with Crippen molar-refractivity contribution in [2.24, 2.45) is 5.41 Å². The Morgan fingerprint density at radius 1 is 0.710 bits per heavy atom.